The lowest BCUT2D eigenvalue weighted by molar-refractivity contribution is -0.138. The summed E-state index contributed by atoms with van der Waals surface area (Å²) >= 11 is 1.14. The number of thiazole rings is 1. The first-order valence-electron chi connectivity index (χ1n) is 9.41. The zero-order valence-corrected chi connectivity index (χ0v) is 17.3. The number of fused-ring (bicyclic) bond motifs is 1. The molecular formula is C22H17N5O3S. The van der Waals surface area contributed by atoms with Crippen molar-refractivity contribution < 1.29 is 9.53 Å². The van der Waals surface area contributed by atoms with Crippen LogP contribution in [0.5, 0.6) is 0 Å². The van der Waals surface area contributed by atoms with Gasteiger partial charge in [0, 0.05) is 24.8 Å². The zero-order valence-electron chi connectivity index (χ0n) is 16.5. The second kappa shape index (κ2) is 8.38. The molecule has 0 spiro atoms. The fraction of sp³-hybridized carbons (Fsp3) is 0.136. The predicted molar refractivity (Wildman–Crippen MR) is 116 cm³/mol. The monoisotopic (exact) mass is 431 g/mol. The van der Waals surface area contributed by atoms with Gasteiger partial charge in [0.2, 0.25) is 0 Å². The second-order valence-electron chi connectivity index (χ2n) is 6.61. The van der Waals surface area contributed by atoms with Gasteiger partial charge >= 0.3 is 5.97 Å². The molecule has 1 aliphatic heterocycles. The Morgan fingerprint density at radius 3 is 2.68 bits per heavy atom. The van der Waals surface area contributed by atoms with E-state index in [0.717, 1.165) is 16.9 Å². The van der Waals surface area contributed by atoms with E-state index in [1.165, 1.54) is 4.57 Å². The standard InChI is InChI=1S/C22H17N5O3S/c1-2-30-22(29)18-17(14-6-4-8-26-12-14)15(10-23)21-27(19(18)24)20(28)16(31-21)9-13-5-3-7-25-11-13/h3-9,11-12,17H,2,24H2,1H3. The summed E-state index contributed by atoms with van der Waals surface area (Å²) in [6.45, 7) is 1.80. The Bertz CT molecular complexity index is 1400. The van der Waals surface area contributed by atoms with Crippen LogP contribution in [-0.4, -0.2) is 27.1 Å². The van der Waals surface area contributed by atoms with Crippen molar-refractivity contribution in [3.8, 4) is 6.07 Å². The van der Waals surface area contributed by atoms with E-state index in [4.69, 9.17) is 10.5 Å². The van der Waals surface area contributed by atoms with Gasteiger partial charge in [0.25, 0.3) is 5.56 Å². The maximum absolute atomic E-state index is 13.2. The summed E-state index contributed by atoms with van der Waals surface area (Å²) in [4.78, 5) is 34.2. The Hall–Kier alpha value is -4.03. The maximum atomic E-state index is 13.2. The molecule has 0 aliphatic carbocycles. The third kappa shape index (κ3) is 3.53. The number of hydrogen-bond acceptors (Lipinski definition) is 8. The number of carbonyl (C=O) groups is 1. The van der Waals surface area contributed by atoms with Gasteiger partial charge in [0.15, 0.2) is 0 Å². The van der Waals surface area contributed by atoms with Gasteiger partial charge in [-0.05, 0) is 36.3 Å². The van der Waals surface area contributed by atoms with Crippen molar-refractivity contribution in [1.29, 1.82) is 5.26 Å². The van der Waals surface area contributed by atoms with Crippen LogP contribution in [0.3, 0.4) is 0 Å². The van der Waals surface area contributed by atoms with Crippen molar-refractivity contribution in [2.45, 2.75) is 12.8 Å². The van der Waals surface area contributed by atoms with Gasteiger partial charge in [-0.3, -0.25) is 19.3 Å². The van der Waals surface area contributed by atoms with Crippen LogP contribution >= 0.6 is 11.3 Å². The highest BCUT2D eigenvalue weighted by atomic mass is 32.1. The molecule has 0 amide bonds. The minimum atomic E-state index is -0.790. The molecule has 0 aromatic carbocycles. The van der Waals surface area contributed by atoms with Crippen molar-refractivity contribution >= 4 is 34.8 Å². The van der Waals surface area contributed by atoms with Crippen molar-refractivity contribution in [2.24, 2.45) is 5.73 Å². The van der Waals surface area contributed by atoms with Crippen molar-refractivity contribution in [3.05, 3.63) is 85.3 Å². The molecule has 0 saturated heterocycles. The van der Waals surface area contributed by atoms with Gasteiger partial charge in [-0.2, -0.15) is 5.26 Å². The fourth-order valence-corrected chi connectivity index (χ4v) is 4.58. The van der Waals surface area contributed by atoms with Crippen molar-refractivity contribution in [1.82, 2.24) is 14.5 Å². The number of nitrogens with two attached hydrogens (primary N) is 1. The maximum Gasteiger partial charge on any atom is 0.338 e. The third-order valence-electron chi connectivity index (χ3n) is 4.76. The average Bonchev–Trinajstić information content (AvgIpc) is 3.11. The largest absolute Gasteiger partial charge is 0.463 e. The smallest absolute Gasteiger partial charge is 0.338 e. The topological polar surface area (TPSA) is 124 Å². The molecule has 1 atom stereocenters. The molecule has 0 bridgehead atoms. The number of esters is 1. The number of pyridine rings is 2. The number of nitrogens with zero attached hydrogens (tertiary/aromatic N) is 4. The van der Waals surface area contributed by atoms with Crippen LogP contribution in [0.1, 0.15) is 24.0 Å². The summed E-state index contributed by atoms with van der Waals surface area (Å²) in [5.41, 5.74) is 7.56. The van der Waals surface area contributed by atoms with Gasteiger partial charge in [0.05, 0.1) is 34.3 Å². The van der Waals surface area contributed by atoms with E-state index >= 15 is 0 Å². The van der Waals surface area contributed by atoms with Crippen LogP contribution < -0.4 is 20.5 Å². The Balaban J connectivity index is 2.07. The Labute approximate surface area is 180 Å². The summed E-state index contributed by atoms with van der Waals surface area (Å²) in [5.74, 6) is -1.52. The minimum absolute atomic E-state index is 0.0478. The number of aromatic nitrogens is 3. The average molecular weight is 431 g/mol. The van der Waals surface area contributed by atoms with Crippen LogP contribution in [0.25, 0.3) is 17.5 Å². The van der Waals surface area contributed by atoms with Gasteiger partial charge in [0.1, 0.15) is 10.5 Å². The zero-order chi connectivity index (χ0) is 22.0. The summed E-state index contributed by atoms with van der Waals surface area (Å²) in [6.07, 6.45) is 8.10. The summed E-state index contributed by atoms with van der Waals surface area (Å²) in [7, 11) is 0. The number of ether oxygens (including phenoxy) is 1. The molecule has 2 N–H and O–H groups in total. The molecule has 8 nitrogen and oxygen atoms in total. The fourth-order valence-electron chi connectivity index (χ4n) is 3.45. The van der Waals surface area contributed by atoms with Gasteiger partial charge in [-0.25, -0.2) is 4.79 Å². The van der Waals surface area contributed by atoms with Crippen LogP contribution in [0.15, 0.2) is 59.4 Å². The van der Waals surface area contributed by atoms with Gasteiger partial charge in [-0.1, -0.05) is 12.1 Å². The van der Waals surface area contributed by atoms with E-state index in [9.17, 15) is 14.9 Å². The van der Waals surface area contributed by atoms with Crippen LogP contribution in [0, 0.1) is 11.3 Å². The van der Waals surface area contributed by atoms with E-state index in [2.05, 4.69) is 16.0 Å². The number of carbonyl (C=O) groups excluding carboxylic acids is 1. The lowest BCUT2D eigenvalue weighted by atomic mass is 9.84. The molecule has 31 heavy (non-hydrogen) atoms. The van der Waals surface area contributed by atoms with Crippen LogP contribution in [0.2, 0.25) is 0 Å². The molecule has 1 aliphatic rings. The molecule has 9 heteroatoms. The molecule has 3 aromatic rings. The van der Waals surface area contributed by atoms with E-state index in [1.807, 2.05) is 6.07 Å². The van der Waals surface area contributed by atoms with E-state index in [1.54, 1.807) is 56.0 Å². The normalized spacial score (nSPS) is 16.1. The molecule has 4 rings (SSSR count). The van der Waals surface area contributed by atoms with Crippen LogP contribution in [-0.2, 0) is 9.53 Å². The summed E-state index contributed by atoms with van der Waals surface area (Å²) < 4.78 is 7.16. The molecular weight excluding hydrogens is 414 g/mol. The molecule has 0 fully saturated rings. The molecule has 0 saturated carbocycles. The number of hydrogen-bond donors (Lipinski definition) is 1. The Kier molecular flexibility index (Phi) is 5.47. The third-order valence-corrected chi connectivity index (χ3v) is 5.87. The lowest BCUT2D eigenvalue weighted by Crippen LogP contribution is -2.40. The highest BCUT2D eigenvalue weighted by Crippen LogP contribution is 2.36. The van der Waals surface area contributed by atoms with Crippen molar-refractivity contribution in [2.75, 3.05) is 6.61 Å². The molecule has 3 aromatic heterocycles. The first-order valence-corrected chi connectivity index (χ1v) is 10.2. The molecule has 4 heterocycles. The SMILES string of the molecule is CCOC(=O)C1=C(N)n2c(sc(=Cc3cccnc3)c2=O)=C(C#N)C1c1cccnc1. The van der Waals surface area contributed by atoms with E-state index in [-0.39, 0.29) is 23.6 Å². The van der Waals surface area contributed by atoms with E-state index in [0.29, 0.717) is 14.8 Å². The highest BCUT2D eigenvalue weighted by Gasteiger charge is 2.36. The molecule has 1 unspecified atom stereocenters. The summed E-state index contributed by atoms with van der Waals surface area (Å²) in [5, 5.41) is 10.0. The Morgan fingerprint density at radius 2 is 2.06 bits per heavy atom. The first kappa shape index (κ1) is 20.3. The Morgan fingerprint density at radius 1 is 1.32 bits per heavy atom. The first-order chi connectivity index (χ1) is 15.1. The van der Waals surface area contributed by atoms with Gasteiger partial charge < -0.3 is 10.5 Å². The molecule has 0 radical (unpaired) electrons. The highest BCUT2D eigenvalue weighted by molar-refractivity contribution is 7.07. The predicted octanol–water partition coefficient (Wildman–Crippen LogP) is 0.691. The van der Waals surface area contributed by atoms with Crippen LogP contribution in [0.4, 0.5) is 0 Å². The quantitative estimate of drug-likeness (QED) is 0.603. The number of rotatable bonds is 4. The second-order valence-corrected chi connectivity index (χ2v) is 7.64. The molecule has 154 valence electrons. The van der Waals surface area contributed by atoms with Crippen molar-refractivity contribution in [3.63, 3.8) is 0 Å². The number of nitriles is 1. The lowest BCUT2D eigenvalue weighted by Gasteiger charge is -2.24. The minimum Gasteiger partial charge on any atom is -0.463 e. The van der Waals surface area contributed by atoms with E-state index < -0.39 is 17.4 Å². The summed E-state index contributed by atoms with van der Waals surface area (Å²) in [6, 6.07) is 9.21. The van der Waals surface area contributed by atoms with Gasteiger partial charge in [-0.15, -0.1) is 11.3 Å².